The molecule has 5 saturated carbocycles. The Labute approximate surface area is 372 Å². The number of nitrogens with one attached hydrogen (secondary N) is 1. The predicted octanol–water partition coefficient (Wildman–Crippen LogP) is 10.2. The molecule has 0 aromatic carbocycles. The first-order valence-corrected chi connectivity index (χ1v) is 26.0. The maximum atomic E-state index is 12.8. The molecule has 9 nitrogen and oxygen atoms in total. The van der Waals surface area contributed by atoms with Gasteiger partial charge in [0.2, 0.25) is 5.88 Å². The third-order valence-electron chi connectivity index (χ3n) is 20.0. The van der Waals surface area contributed by atoms with Gasteiger partial charge in [-0.3, -0.25) is 4.79 Å². The van der Waals surface area contributed by atoms with Gasteiger partial charge in [0.1, 0.15) is 33.5 Å². The molecule has 1 aromatic heterocycles. The smallest absolute Gasteiger partial charge is 0.313 e. The fourth-order valence-electron chi connectivity index (χ4n) is 16.3. The summed E-state index contributed by atoms with van der Waals surface area (Å²) in [6.45, 7) is 20.5. The summed E-state index contributed by atoms with van der Waals surface area (Å²) in [5, 5.41) is 35.5. The van der Waals surface area contributed by atoms with Crippen LogP contribution in [0.4, 0.5) is 0 Å². The first-order valence-electron chi connectivity index (χ1n) is 24.0. The SMILES string of the molecule is C=C(C)[C@@H]1CC[C@]2(NCC[C@]3(O)CC[C@@H](S(C)(=O)=O)CC3)CC[C@]3(C)[C@H](CCC4[C@@]5(C)CC=C(C6=CC[C@](COc7ncccc7C#N)(C(=O)O)CC6)C(C)(C)C5CC[C@]43C)C12. The lowest BCUT2D eigenvalue weighted by Gasteiger charge is -2.72. The standard InChI is InChI=1S/C52H75N3O6S/c1-34(2)38-17-26-52(55-31-29-51(58)24-15-37(16-25-51)62(8,59)60)28-27-48(6)40(43(38)52)11-12-42-47(5)20-18-39(46(3,4)41(47)19-21-49(42,48)7)35-13-22-50(23-14-35,45(56)57)33-61-44-36(32-53)10-9-30-54-44/h9-10,13,18,30,37-38,40-43,55,58H,1,11-12,14-17,19-29,31,33H2,2-8H3,(H,56,57)/t37-,38-,40+,41?,42?,43?,47-,48+,49+,50-,51+,52-/m0/s1. The second-order valence-corrected chi connectivity index (χ2v) is 25.4. The van der Waals surface area contributed by atoms with Gasteiger partial charge in [-0.25, -0.2) is 13.4 Å². The lowest BCUT2D eigenvalue weighted by molar-refractivity contribution is -0.221. The van der Waals surface area contributed by atoms with Gasteiger partial charge in [-0.05, 0) is 197 Å². The molecule has 62 heavy (non-hydrogen) atoms. The van der Waals surface area contributed by atoms with Crippen molar-refractivity contribution in [2.24, 2.45) is 56.7 Å². The minimum Gasteiger partial charge on any atom is -0.481 e. The Bertz CT molecular complexity index is 2170. The molecule has 0 radical (unpaired) electrons. The molecule has 7 aliphatic rings. The van der Waals surface area contributed by atoms with Gasteiger partial charge >= 0.3 is 5.97 Å². The zero-order chi connectivity index (χ0) is 44.7. The van der Waals surface area contributed by atoms with E-state index in [-0.39, 0.29) is 44.9 Å². The van der Waals surface area contributed by atoms with Crippen molar-refractivity contribution in [2.45, 2.75) is 167 Å². The van der Waals surface area contributed by atoms with Gasteiger partial charge in [0, 0.05) is 18.0 Å². The zero-order valence-corrected chi connectivity index (χ0v) is 39.6. The van der Waals surface area contributed by atoms with Crippen LogP contribution in [0, 0.1) is 68.0 Å². The van der Waals surface area contributed by atoms with Gasteiger partial charge in [0.25, 0.3) is 0 Å². The first-order chi connectivity index (χ1) is 29.1. The van der Waals surface area contributed by atoms with Crippen LogP contribution in [0.25, 0.3) is 0 Å². The highest BCUT2D eigenvalue weighted by Gasteiger charge is 2.70. The summed E-state index contributed by atoms with van der Waals surface area (Å²) >= 11 is 0. The van der Waals surface area contributed by atoms with E-state index in [4.69, 9.17) is 4.74 Å². The predicted molar refractivity (Wildman–Crippen MR) is 244 cm³/mol. The van der Waals surface area contributed by atoms with Crippen LogP contribution < -0.4 is 10.1 Å². The Balaban J connectivity index is 0.998. The molecule has 5 fully saturated rings. The number of nitrogens with zero attached hydrogens (tertiary/aromatic N) is 2. The second kappa shape index (κ2) is 15.9. The van der Waals surface area contributed by atoms with Crippen LogP contribution in [-0.4, -0.2) is 65.4 Å². The monoisotopic (exact) mass is 870 g/mol. The van der Waals surface area contributed by atoms with E-state index >= 15 is 0 Å². The topological polar surface area (TPSA) is 150 Å². The summed E-state index contributed by atoms with van der Waals surface area (Å²) in [5.41, 5.74) is 3.02. The number of allylic oxidation sites excluding steroid dienone is 5. The van der Waals surface area contributed by atoms with Crippen LogP contribution in [-0.2, 0) is 14.6 Å². The Morgan fingerprint density at radius 1 is 0.952 bits per heavy atom. The van der Waals surface area contributed by atoms with Crippen molar-refractivity contribution in [1.82, 2.24) is 10.3 Å². The number of carboxylic acids is 1. The Kier molecular flexibility index (Phi) is 11.7. The maximum absolute atomic E-state index is 12.8. The van der Waals surface area contributed by atoms with Gasteiger partial charge in [0.15, 0.2) is 0 Å². The molecule has 1 aromatic rings. The van der Waals surface area contributed by atoms with Crippen molar-refractivity contribution in [3.8, 4) is 11.9 Å². The van der Waals surface area contributed by atoms with E-state index in [9.17, 15) is 28.7 Å². The van der Waals surface area contributed by atoms with E-state index in [1.807, 2.05) is 0 Å². The Morgan fingerprint density at radius 2 is 1.69 bits per heavy atom. The Hall–Kier alpha value is -3.00. The van der Waals surface area contributed by atoms with E-state index in [0.29, 0.717) is 86.5 Å². The molecule has 0 aliphatic heterocycles. The van der Waals surface area contributed by atoms with Gasteiger partial charge < -0.3 is 20.3 Å². The largest absolute Gasteiger partial charge is 0.481 e. The van der Waals surface area contributed by atoms with Crippen LogP contribution in [0.5, 0.6) is 5.88 Å². The summed E-state index contributed by atoms with van der Waals surface area (Å²) in [4.78, 5) is 17.0. The molecule has 340 valence electrons. The van der Waals surface area contributed by atoms with Crippen molar-refractivity contribution in [1.29, 1.82) is 5.26 Å². The summed E-state index contributed by atoms with van der Waals surface area (Å²) in [7, 11) is -3.08. The van der Waals surface area contributed by atoms with Crippen LogP contribution in [0.1, 0.15) is 156 Å². The summed E-state index contributed by atoms with van der Waals surface area (Å²) < 4.78 is 30.4. The third kappa shape index (κ3) is 7.25. The summed E-state index contributed by atoms with van der Waals surface area (Å²) in [6.07, 6.45) is 22.7. The molecule has 0 bridgehead atoms. The van der Waals surface area contributed by atoms with Crippen LogP contribution in [0.15, 0.2) is 53.8 Å². The average molecular weight is 870 g/mol. The molecule has 3 unspecified atom stereocenters. The lowest BCUT2D eigenvalue weighted by atomic mass is 9.33. The number of carbonyl (C=O) groups is 1. The lowest BCUT2D eigenvalue weighted by Crippen LogP contribution is -2.68. The highest BCUT2D eigenvalue weighted by Crippen LogP contribution is 2.76. The number of hydrogen-bond acceptors (Lipinski definition) is 8. The number of fused-ring (bicyclic) bond motifs is 7. The number of aliphatic hydroxyl groups is 1. The molecule has 0 spiro atoms. The number of carboxylic acid groups (broad SMARTS) is 1. The average Bonchev–Trinajstić information content (AvgIpc) is 3.60. The van der Waals surface area contributed by atoms with Gasteiger partial charge in [-0.15, -0.1) is 0 Å². The van der Waals surface area contributed by atoms with E-state index < -0.39 is 26.8 Å². The molecule has 1 heterocycles. The number of sulfone groups is 1. The van der Waals surface area contributed by atoms with E-state index in [0.717, 1.165) is 25.8 Å². The zero-order valence-electron chi connectivity index (χ0n) is 38.8. The quantitative estimate of drug-likeness (QED) is 0.185. The van der Waals surface area contributed by atoms with E-state index in [1.54, 1.807) is 18.3 Å². The normalized spacial score (nSPS) is 42.4. The van der Waals surface area contributed by atoms with Crippen LogP contribution in [0.3, 0.4) is 0 Å². The summed E-state index contributed by atoms with van der Waals surface area (Å²) in [5.74, 6) is 2.06. The first kappa shape index (κ1) is 45.6. The molecule has 10 atom stereocenters. The minimum absolute atomic E-state index is 0.0230. The highest BCUT2D eigenvalue weighted by molar-refractivity contribution is 7.91. The van der Waals surface area contributed by atoms with Crippen LogP contribution >= 0.6 is 0 Å². The number of aliphatic carboxylic acids is 1. The molecule has 10 heteroatoms. The van der Waals surface area contributed by atoms with E-state index in [2.05, 4.69) is 76.6 Å². The molecule has 7 aliphatic carbocycles. The van der Waals surface area contributed by atoms with Gasteiger partial charge in [0.05, 0.1) is 10.9 Å². The Morgan fingerprint density at radius 3 is 2.34 bits per heavy atom. The summed E-state index contributed by atoms with van der Waals surface area (Å²) in [6, 6.07) is 5.42. The van der Waals surface area contributed by atoms with E-state index in [1.165, 1.54) is 61.5 Å². The highest BCUT2D eigenvalue weighted by atomic mass is 32.2. The van der Waals surface area contributed by atoms with Crippen molar-refractivity contribution < 1.29 is 28.2 Å². The molecule has 3 N–H and O–H groups in total. The molecule has 8 rings (SSSR count). The van der Waals surface area contributed by atoms with Crippen molar-refractivity contribution in [3.63, 3.8) is 0 Å². The van der Waals surface area contributed by atoms with Gasteiger partial charge in [-0.2, -0.15) is 5.26 Å². The number of nitriles is 1. The van der Waals surface area contributed by atoms with Crippen molar-refractivity contribution in [3.05, 3.63) is 59.3 Å². The molecule has 0 amide bonds. The third-order valence-corrected chi connectivity index (χ3v) is 21.7. The van der Waals surface area contributed by atoms with Crippen molar-refractivity contribution in [2.75, 3.05) is 19.4 Å². The fraction of sp³-hybridized carbons (Fsp3) is 0.750. The maximum Gasteiger partial charge on any atom is 0.313 e. The number of hydrogen-bond donors (Lipinski definition) is 3. The number of ether oxygens (including phenoxy) is 1. The number of pyridine rings is 1. The second-order valence-electron chi connectivity index (χ2n) is 23.1. The van der Waals surface area contributed by atoms with Gasteiger partial charge in [-0.1, -0.05) is 58.9 Å². The minimum atomic E-state index is -3.08. The van der Waals surface area contributed by atoms with Crippen LogP contribution in [0.2, 0.25) is 0 Å². The molecule has 0 saturated heterocycles. The number of aromatic nitrogens is 1. The molecular formula is C52H75N3O6S. The fourth-order valence-corrected chi connectivity index (χ4v) is 17.4. The van der Waals surface area contributed by atoms with Crippen molar-refractivity contribution >= 4 is 15.8 Å². The number of rotatable bonds is 11. The molecular weight excluding hydrogens is 795 g/mol.